The molecule has 1 aliphatic heterocycles. The third-order valence-corrected chi connectivity index (χ3v) is 5.31. The quantitative estimate of drug-likeness (QED) is 0.364. The first-order valence-corrected chi connectivity index (χ1v) is 9.32. The maximum atomic E-state index is 14.0. The van der Waals surface area contributed by atoms with E-state index in [0.717, 1.165) is 24.8 Å². The van der Waals surface area contributed by atoms with Crippen molar-refractivity contribution < 1.29 is 8.78 Å². The molecule has 0 radical (unpaired) electrons. The summed E-state index contributed by atoms with van der Waals surface area (Å²) < 4.78 is 28.0. The first kappa shape index (κ1) is 22.1. The van der Waals surface area contributed by atoms with Crippen molar-refractivity contribution in [3.05, 3.63) is 29.8 Å². The highest BCUT2D eigenvalue weighted by atomic mass is 127. The van der Waals surface area contributed by atoms with Gasteiger partial charge in [0.25, 0.3) is 0 Å². The second-order valence-corrected chi connectivity index (χ2v) is 7.47. The molecule has 1 saturated carbocycles. The molecular weight excluding hydrogens is 463 g/mol. The van der Waals surface area contributed by atoms with Crippen LogP contribution in [-0.2, 0) is 0 Å². The number of benzene rings is 1. The van der Waals surface area contributed by atoms with Crippen molar-refractivity contribution in [2.75, 3.05) is 45.7 Å². The lowest BCUT2D eigenvalue weighted by atomic mass is 10.1. The van der Waals surface area contributed by atoms with E-state index in [1.165, 1.54) is 31.0 Å². The van der Waals surface area contributed by atoms with Gasteiger partial charge in [-0.1, -0.05) is 6.07 Å². The Morgan fingerprint density at radius 1 is 1.26 bits per heavy atom. The summed E-state index contributed by atoms with van der Waals surface area (Å²) in [7, 11) is 5.97. The molecule has 1 aromatic rings. The Morgan fingerprint density at radius 2 is 1.93 bits per heavy atom. The number of guanidine groups is 1. The number of nitrogens with one attached hydrogen (secondary N) is 2. The van der Waals surface area contributed by atoms with Gasteiger partial charge in [-0.05, 0) is 51.4 Å². The minimum atomic E-state index is -0.508. The Kier molecular flexibility index (Phi) is 8.08. The SMILES string of the molecule is CN=C(NCC(C1CC1)N(C)C)NC1CCN(c2c(F)cccc2F)C1.I. The smallest absolute Gasteiger partial charge is 0.191 e. The molecule has 5 nitrogen and oxygen atoms in total. The molecule has 2 N–H and O–H groups in total. The second kappa shape index (κ2) is 9.86. The molecule has 27 heavy (non-hydrogen) atoms. The molecule has 2 unspecified atom stereocenters. The van der Waals surface area contributed by atoms with E-state index in [4.69, 9.17) is 0 Å². The van der Waals surface area contributed by atoms with Gasteiger partial charge in [-0.25, -0.2) is 8.78 Å². The standard InChI is InChI=1S/C19H29F2N5.HI/c1-22-19(23-11-17(25(2)3)13-7-8-13)24-14-9-10-26(12-14)18-15(20)5-4-6-16(18)21;/h4-6,13-14,17H,7-12H2,1-3H3,(H2,22,23,24);1H. The molecular formula is C19H30F2IN5. The number of nitrogens with zero attached hydrogens (tertiary/aromatic N) is 3. The number of rotatable bonds is 6. The number of hydrogen-bond acceptors (Lipinski definition) is 3. The fourth-order valence-electron chi connectivity index (χ4n) is 3.71. The lowest BCUT2D eigenvalue weighted by molar-refractivity contribution is 0.264. The van der Waals surface area contributed by atoms with E-state index in [2.05, 4.69) is 34.6 Å². The van der Waals surface area contributed by atoms with Crippen LogP contribution in [0.15, 0.2) is 23.2 Å². The zero-order chi connectivity index (χ0) is 18.7. The number of halogens is 3. The molecule has 0 spiro atoms. The molecule has 2 fully saturated rings. The first-order valence-electron chi connectivity index (χ1n) is 9.32. The molecule has 0 bridgehead atoms. The van der Waals surface area contributed by atoms with Crippen molar-refractivity contribution >= 4 is 35.6 Å². The summed E-state index contributed by atoms with van der Waals surface area (Å²) in [5.41, 5.74) is 0.0705. The van der Waals surface area contributed by atoms with Crippen LogP contribution in [0.25, 0.3) is 0 Å². The van der Waals surface area contributed by atoms with Crippen LogP contribution < -0.4 is 15.5 Å². The fourth-order valence-corrected chi connectivity index (χ4v) is 3.71. The Balaban J connectivity index is 0.00000261. The zero-order valence-electron chi connectivity index (χ0n) is 16.2. The lowest BCUT2D eigenvalue weighted by Crippen LogP contribution is -2.49. The summed E-state index contributed by atoms with van der Waals surface area (Å²) in [5, 5.41) is 6.80. The highest BCUT2D eigenvalue weighted by Crippen LogP contribution is 2.34. The largest absolute Gasteiger partial charge is 0.365 e. The Hall–Kier alpha value is -1.16. The average Bonchev–Trinajstić information content (AvgIpc) is 3.33. The molecule has 1 aliphatic carbocycles. The van der Waals surface area contributed by atoms with Gasteiger partial charge in [0.1, 0.15) is 17.3 Å². The van der Waals surface area contributed by atoms with Crippen molar-refractivity contribution in [3.63, 3.8) is 0 Å². The molecule has 0 amide bonds. The van der Waals surface area contributed by atoms with Crippen LogP contribution in [0.2, 0.25) is 0 Å². The van der Waals surface area contributed by atoms with Crippen LogP contribution >= 0.6 is 24.0 Å². The van der Waals surface area contributed by atoms with Gasteiger partial charge in [-0.2, -0.15) is 0 Å². The number of hydrogen-bond donors (Lipinski definition) is 2. The summed E-state index contributed by atoms with van der Waals surface area (Å²) in [6, 6.07) is 4.62. The Bertz CT molecular complexity index is 629. The van der Waals surface area contributed by atoms with E-state index in [9.17, 15) is 8.78 Å². The summed E-state index contributed by atoms with van der Waals surface area (Å²) >= 11 is 0. The predicted molar refractivity (Wildman–Crippen MR) is 117 cm³/mol. The van der Waals surface area contributed by atoms with Gasteiger partial charge in [-0.15, -0.1) is 24.0 Å². The highest BCUT2D eigenvalue weighted by Gasteiger charge is 2.33. The molecule has 0 aromatic heterocycles. The van der Waals surface area contributed by atoms with Crippen molar-refractivity contribution in [1.82, 2.24) is 15.5 Å². The molecule has 3 rings (SSSR count). The third kappa shape index (κ3) is 5.66. The van der Waals surface area contributed by atoms with E-state index in [1.807, 2.05) is 0 Å². The predicted octanol–water partition coefficient (Wildman–Crippen LogP) is 2.67. The number of likely N-dealkylation sites (N-methyl/N-ethyl adjacent to an activating group) is 1. The average molecular weight is 493 g/mol. The molecule has 1 aromatic carbocycles. The van der Waals surface area contributed by atoms with Gasteiger partial charge in [-0.3, -0.25) is 4.99 Å². The van der Waals surface area contributed by atoms with E-state index < -0.39 is 11.6 Å². The van der Waals surface area contributed by atoms with Crippen LogP contribution in [0.5, 0.6) is 0 Å². The van der Waals surface area contributed by atoms with Gasteiger partial charge < -0.3 is 20.4 Å². The lowest BCUT2D eigenvalue weighted by Gasteiger charge is -2.26. The fraction of sp³-hybridized carbons (Fsp3) is 0.632. The van der Waals surface area contributed by atoms with Gasteiger partial charge in [0, 0.05) is 38.8 Å². The highest BCUT2D eigenvalue weighted by molar-refractivity contribution is 14.0. The van der Waals surface area contributed by atoms with Gasteiger partial charge in [0.05, 0.1) is 0 Å². The van der Waals surface area contributed by atoms with Crippen LogP contribution in [0.3, 0.4) is 0 Å². The van der Waals surface area contributed by atoms with Crippen LogP contribution in [0, 0.1) is 17.6 Å². The van der Waals surface area contributed by atoms with E-state index >= 15 is 0 Å². The number of anilines is 1. The maximum Gasteiger partial charge on any atom is 0.191 e. The van der Waals surface area contributed by atoms with E-state index in [-0.39, 0.29) is 35.7 Å². The van der Waals surface area contributed by atoms with Crippen molar-refractivity contribution in [3.8, 4) is 0 Å². The summed E-state index contributed by atoms with van der Waals surface area (Å²) in [6.45, 7) is 2.02. The third-order valence-electron chi connectivity index (χ3n) is 5.31. The van der Waals surface area contributed by atoms with Crippen LogP contribution in [0.4, 0.5) is 14.5 Å². The Labute approximate surface area is 177 Å². The normalized spacial score (nSPS) is 21.2. The van der Waals surface area contributed by atoms with Crippen molar-refractivity contribution in [2.24, 2.45) is 10.9 Å². The Morgan fingerprint density at radius 3 is 2.48 bits per heavy atom. The molecule has 152 valence electrons. The van der Waals surface area contributed by atoms with E-state index in [0.29, 0.717) is 19.1 Å². The molecule has 2 aliphatic rings. The monoisotopic (exact) mass is 493 g/mol. The van der Waals surface area contributed by atoms with Crippen molar-refractivity contribution in [2.45, 2.75) is 31.3 Å². The van der Waals surface area contributed by atoms with Crippen LogP contribution in [-0.4, -0.2) is 63.7 Å². The second-order valence-electron chi connectivity index (χ2n) is 7.47. The van der Waals surface area contributed by atoms with E-state index in [1.54, 1.807) is 11.9 Å². The first-order chi connectivity index (χ1) is 12.5. The molecule has 1 heterocycles. The van der Waals surface area contributed by atoms with Gasteiger partial charge in [0.15, 0.2) is 5.96 Å². The van der Waals surface area contributed by atoms with Crippen molar-refractivity contribution in [1.29, 1.82) is 0 Å². The van der Waals surface area contributed by atoms with Crippen LogP contribution in [0.1, 0.15) is 19.3 Å². The summed E-state index contributed by atoms with van der Waals surface area (Å²) in [6.07, 6.45) is 3.40. The molecule has 2 atom stereocenters. The minimum absolute atomic E-state index is 0. The number of para-hydroxylation sites is 1. The molecule has 1 saturated heterocycles. The van der Waals surface area contributed by atoms with Gasteiger partial charge in [0.2, 0.25) is 0 Å². The number of aliphatic imine (C=N–C) groups is 1. The summed E-state index contributed by atoms with van der Waals surface area (Å²) in [5.74, 6) is 0.498. The molecule has 8 heteroatoms. The van der Waals surface area contributed by atoms with Gasteiger partial charge >= 0.3 is 0 Å². The topological polar surface area (TPSA) is 42.9 Å². The zero-order valence-corrected chi connectivity index (χ0v) is 18.5. The maximum absolute atomic E-state index is 14.0. The summed E-state index contributed by atoms with van der Waals surface area (Å²) in [4.78, 5) is 8.33. The minimum Gasteiger partial charge on any atom is -0.365 e.